The number of nitrogens with zero attached hydrogens (tertiary/aromatic N) is 2. The molecule has 2 aromatic carbocycles. The molecule has 0 aromatic heterocycles. The van der Waals surface area contributed by atoms with E-state index in [0.29, 0.717) is 12.1 Å². The summed E-state index contributed by atoms with van der Waals surface area (Å²) >= 11 is 3.35. The van der Waals surface area contributed by atoms with Gasteiger partial charge >= 0.3 is 0 Å². The zero-order valence-corrected chi connectivity index (χ0v) is 13.4. The summed E-state index contributed by atoms with van der Waals surface area (Å²) in [6, 6.07) is 12.8. The van der Waals surface area contributed by atoms with Crippen molar-refractivity contribution in [2.45, 2.75) is 6.54 Å². The Morgan fingerprint density at radius 2 is 1.95 bits per heavy atom. The Kier molecular flexibility index (Phi) is 4.80. The van der Waals surface area contributed by atoms with E-state index in [1.807, 2.05) is 43.3 Å². The number of para-hydroxylation sites is 2. The lowest BCUT2D eigenvalue weighted by atomic mass is 10.1. The molecule has 110 valence electrons. The van der Waals surface area contributed by atoms with Crippen molar-refractivity contribution in [2.24, 2.45) is 0 Å². The van der Waals surface area contributed by atoms with Crippen molar-refractivity contribution in [3.05, 3.63) is 62.6 Å². The van der Waals surface area contributed by atoms with Gasteiger partial charge in [-0.1, -0.05) is 28.1 Å². The Labute approximate surface area is 131 Å². The Balaban J connectivity index is 2.25. The molecular weight excluding hydrogens is 334 g/mol. The molecule has 0 radical (unpaired) electrons. The second kappa shape index (κ2) is 6.58. The van der Waals surface area contributed by atoms with Crippen LogP contribution in [-0.4, -0.2) is 19.0 Å². The van der Waals surface area contributed by atoms with Crippen molar-refractivity contribution in [3.63, 3.8) is 0 Å². The minimum Gasteiger partial charge on any atom is -0.379 e. The van der Waals surface area contributed by atoms with Gasteiger partial charge in [-0.15, -0.1) is 0 Å². The Morgan fingerprint density at radius 1 is 1.24 bits per heavy atom. The topological polar surface area (TPSA) is 58.4 Å². The number of benzene rings is 2. The van der Waals surface area contributed by atoms with Crippen molar-refractivity contribution in [1.82, 2.24) is 0 Å². The summed E-state index contributed by atoms with van der Waals surface area (Å²) in [5.74, 6) is 0. The van der Waals surface area contributed by atoms with Crippen LogP contribution >= 0.6 is 15.9 Å². The number of rotatable bonds is 5. The first kappa shape index (κ1) is 15.3. The highest BCUT2D eigenvalue weighted by atomic mass is 79.9. The van der Waals surface area contributed by atoms with Crippen LogP contribution in [0.1, 0.15) is 5.56 Å². The van der Waals surface area contributed by atoms with E-state index >= 15 is 0 Å². The van der Waals surface area contributed by atoms with E-state index in [1.54, 1.807) is 12.1 Å². The highest BCUT2D eigenvalue weighted by Crippen LogP contribution is 2.27. The highest BCUT2D eigenvalue weighted by molar-refractivity contribution is 9.10. The van der Waals surface area contributed by atoms with Crippen molar-refractivity contribution in [3.8, 4) is 0 Å². The average Bonchev–Trinajstić information content (AvgIpc) is 2.45. The molecule has 0 aliphatic rings. The molecule has 0 atom stereocenters. The van der Waals surface area contributed by atoms with Crippen LogP contribution in [-0.2, 0) is 6.54 Å². The maximum atomic E-state index is 11.1. The van der Waals surface area contributed by atoms with Crippen LogP contribution in [0.2, 0.25) is 0 Å². The SMILES string of the molecule is CN(C)c1ccccc1NCc1cc(Br)ccc1[N+](=O)[O-]. The van der Waals surface area contributed by atoms with E-state index in [4.69, 9.17) is 0 Å². The fraction of sp³-hybridized carbons (Fsp3) is 0.200. The lowest BCUT2D eigenvalue weighted by Crippen LogP contribution is -2.12. The van der Waals surface area contributed by atoms with E-state index in [0.717, 1.165) is 15.8 Å². The third-order valence-corrected chi connectivity index (χ3v) is 3.59. The van der Waals surface area contributed by atoms with Crippen LogP contribution in [0.4, 0.5) is 17.1 Å². The minimum absolute atomic E-state index is 0.119. The molecule has 0 amide bonds. The minimum atomic E-state index is -0.360. The first-order valence-electron chi connectivity index (χ1n) is 6.42. The quantitative estimate of drug-likeness (QED) is 0.653. The Bertz CT molecular complexity index is 659. The van der Waals surface area contributed by atoms with Gasteiger partial charge in [0.25, 0.3) is 5.69 Å². The van der Waals surface area contributed by atoms with Crippen molar-refractivity contribution >= 4 is 33.0 Å². The molecule has 0 aliphatic heterocycles. The van der Waals surface area contributed by atoms with Crippen LogP contribution in [0.5, 0.6) is 0 Å². The fourth-order valence-corrected chi connectivity index (χ4v) is 2.49. The molecule has 5 nitrogen and oxygen atoms in total. The molecule has 0 bridgehead atoms. The third kappa shape index (κ3) is 3.72. The summed E-state index contributed by atoms with van der Waals surface area (Å²) in [6.07, 6.45) is 0. The number of halogens is 1. The summed E-state index contributed by atoms with van der Waals surface area (Å²) in [7, 11) is 3.92. The number of anilines is 2. The number of nitro benzene ring substituents is 1. The maximum Gasteiger partial charge on any atom is 0.274 e. The predicted octanol–water partition coefficient (Wildman–Crippen LogP) is 4.04. The van der Waals surface area contributed by atoms with Gasteiger partial charge in [-0.3, -0.25) is 10.1 Å². The van der Waals surface area contributed by atoms with Crippen molar-refractivity contribution in [1.29, 1.82) is 0 Å². The van der Waals surface area contributed by atoms with Crippen LogP contribution in [0.3, 0.4) is 0 Å². The van der Waals surface area contributed by atoms with Gasteiger partial charge in [-0.25, -0.2) is 0 Å². The van der Waals surface area contributed by atoms with Crippen molar-refractivity contribution in [2.75, 3.05) is 24.3 Å². The Hall–Kier alpha value is -2.08. The molecule has 6 heteroatoms. The second-order valence-electron chi connectivity index (χ2n) is 4.80. The molecular formula is C15H16BrN3O2. The average molecular weight is 350 g/mol. The first-order chi connectivity index (χ1) is 9.99. The van der Waals surface area contributed by atoms with Gasteiger partial charge in [-0.05, 0) is 24.3 Å². The maximum absolute atomic E-state index is 11.1. The van der Waals surface area contributed by atoms with E-state index < -0.39 is 0 Å². The number of nitrogens with one attached hydrogen (secondary N) is 1. The van der Waals surface area contributed by atoms with Gasteiger partial charge in [0.05, 0.1) is 16.3 Å². The summed E-state index contributed by atoms with van der Waals surface area (Å²) < 4.78 is 0.825. The fourth-order valence-electron chi connectivity index (χ4n) is 2.08. The number of hydrogen-bond donors (Lipinski definition) is 1. The van der Waals surface area contributed by atoms with Gasteiger partial charge < -0.3 is 10.2 Å². The molecule has 0 heterocycles. The largest absolute Gasteiger partial charge is 0.379 e. The zero-order chi connectivity index (χ0) is 15.4. The predicted molar refractivity (Wildman–Crippen MR) is 88.9 cm³/mol. The zero-order valence-electron chi connectivity index (χ0n) is 11.8. The summed E-state index contributed by atoms with van der Waals surface area (Å²) in [6.45, 7) is 0.389. The first-order valence-corrected chi connectivity index (χ1v) is 7.21. The van der Waals surface area contributed by atoms with Crippen molar-refractivity contribution < 1.29 is 4.92 Å². The molecule has 0 fully saturated rings. The number of hydrogen-bond acceptors (Lipinski definition) is 4. The molecule has 0 unspecified atom stereocenters. The summed E-state index contributed by atoms with van der Waals surface area (Å²) in [5.41, 5.74) is 2.74. The normalized spacial score (nSPS) is 10.2. The molecule has 0 spiro atoms. The van der Waals surface area contributed by atoms with Crippen LogP contribution in [0.15, 0.2) is 46.9 Å². The lowest BCUT2D eigenvalue weighted by molar-refractivity contribution is -0.385. The summed E-state index contributed by atoms with van der Waals surface area (Å²) in [4.78, 5) is 12.7. The number of nitro groups is 1. The van der Waals surface area contributed by atoms with Gasteiger partial charge in [0, 0.05) is 36.7 Å². The van der Waals surface area contributed by atoms with E-state index in [1.165, 1.54) is 6.07 Å². The van der Waals surface area contributed by atoms with Gasteiger partial charge in [0.15, 0.2) is 0 Å². The Morgan fingerprint density at radius 3 is 2.62 bits per heavy atom. The molecule has 0 saturated carbocycles. The van der Waals surface area contributed by atoms with E-state index in [9.17, 15) is 10.1 Å². The second-order valence-corrected chi connectivity index (χ2v) is 5.71. The highest BCUT2D eigenvalue weighted by Gasteiger charge is 2.14. The molecule has 21 heavy (non-hydrogen) atoms. The van der Waals surface area contributed by atoms with Gasteiger partial charge in [-0.2, -0.15) is 0 Å². The molecule has 0 saturated heterocycles. The van der Waals surface area contributed by atoms with Crippen LogP contribution < -0.4 is 10.2 Å². The lowest BCUT2D eigenvalue weighted by Gasteiger charge is -2.18. The van der Waals surface area contributed by atoms with E-state index in [2.05, 4.69) is 21.2 Å². The van der Waals surface area contributed by atoms with Crippen LogP contribution in [0, 0.1) is 10.1 Å². The van der Waals surface area contributed by atoms with Gasteiger partial charge in [0.1, 0.15) is 0 Å². The van der Waals surface area contributed by atoms with Crippen LogP contribution in [0.25, 0.3) is 0 Å². The molecule has 1 N–H and O–H groups in total. The molecule has 2 aromatic rings. The molecule has 2 rings (SSSR count). The monoisotopic (exact) mass is 349 g/mol. The standard InChI is InChI=1S/C15H16BrN3O2/c1-18(2)15-6-4-3-5-13(15)17-10-11-9-12(16)7-8-14(11)19(20)21/h3-9,17H,10H2,1-2H3. The molecule has 0 aliphatic carbocycles. The smallest absolute Gasteiger partial charge is 0.274 e. The van der Waals surface area contributed by atoms with Gasteiger partial charge in [0.2, 0.25) is 0 Å². The van der Waals surface area contributed by atoms with E-state index in [-0.39, 0.29) is 10.6 Å². The third-order valence-electron chi connectivity index (χ3n) is 3.09. The summed E-state index contributed by atoms with van der Waals surface area (Å²) in [5, 5.41) is 14.3.